The van der Waals surface area contributed by atoms with Crippen molar-refractivity contribution in [2.24, 2.45) is 0 Å². The third-order valence-electron chi connectivity index (χ3n) is 3.67. The van der Waals surface area contributed by atoms with Crippen LogP contribution in [-0.4, -0.2) is 25.6 Å². The van der Waals surface area contributed by atoms with E-state index in [2.05, 4.69) is 15.6 Å². The molecule has 0 radical (unpaired) electrons. The Morgan fingerprint density at radius 3 is 2.52 bits per heavy atom. The first-order chi connectivity index (χ1) is 12.8. The highest BCUT2D eigenvalue weighted by Gasteiger charge is 2.12. The lowest BCUT2D eigenvalue weighted by Crippen LogP contribution is -2.23. The zero-order valence-electron chi connectivity index (χ0n) is 14.3. The summed E-state index contributed by atoms with van der Waals surface area (Å²) in [7, 11) is -3.24. The molecule has 0 bridgehead atoms. The molecule has 1 aromatic heterocycles. The van der Waals surface area contributed by atoms with Crippen LogP contribution >= 0.6 is 22.9 Å². The Morgan fingerprint density at radius 1 is 1.15 bits per heavy atom. The lowest BCUT2D eigenvalue weighted by atomic mass is 10.2. The summed E-state index contributed by atoms with van der Waals surface area (Å²) in [6, 6.07) is 13.6. The van der Waals surface area contributed by atoms with Gasteiger partial charge in [0.1, 0.15) is 5.69 Å². The Balaban J connectivity index is 1.62. The highest BCUT2D eigenvalue weighted by Crippen LogP contribution is 2.22. The van der Waals surface area contributed by atoms with Gasteiger partial charge < -0.3 is 10.6 Å². The number of sulfone groups is 1. The molecule has 1 amide bonds. The zero-order chi connectivity index (χ0) is 19.4. The van der Waals surface area contributed by atoms with E-state index in [1.807, 2.05) is 18.2 Å². The van der Waals surface area contributed by atoms with Crippen LogP contribution in [0.3, 0.4) is 0 Å². The number of hydrogen-bond acceptors (Lipinski definition) is 6. The van der Waals surface area contributed by atoms with E-state index < -0.39 is 9.84 Å². The Labute approximate surface area is 166 Å². The van der Waals surface area contributed by atoms with E-state index in [-0.39, 0.29) is 10.8 Å². The molecule has 27 heavy (non-hydrogen) atoms. The average molecular weight is 422 g/mol. The van der Waals surface area contributed by atoms with Crippen molar-refractivity contribution in [1.82, 2.24) is 10.3 Å². The topological polar surface area (TPSA) is 88.2 Å². The molecule has 9 heteroatoms. The minimum atomic E-state index is -3.24. The Morgan fingerprint density at radius 2 is 1.85 bits per heavy atom. The summed E-state index contributed by atoms with van der Waals surface area (Å²) in [5.41, 5.74) is 1.80. The number of anilines is 2. The standard InChI is InChI=1S/C18H16ClN3O3S2/c1-27(24,25)14-8-6-13(7-9-14)21-18-22-16(11-26-18)17(23)20-10-12-4-2-3-5-15(12)19/h2-9,11H,10H2,1H3,(H,20,23)(H,21,22). The van der Waals surface area contributed by atoms with Gasteiger partial charge in [-0.25, -0.2) is 13.4 Å². The van der Waals surface area contributed by atoms with Crippen LogP contribution in [0.2, 0.25) is 5.02 Å². The Bertz CT molecular complexity index is 1060. The van der Waals surface area contributed by atoms with Crippen molar-refractivity contribution in [2.45, 2.75) is 11.4 Å². The number of nitrogens with zero attached hydrogens (tertiary/aromatic N) is 1. The first-order valence-electron chi connectivity index (χ1n) is 7.87. The predicted molar refractivity (Wildman–Crippen MR) is 108 cm³/mol. The van der Waals surface area contributed by atoms with Crippen molar-refractivity contribution in [3.05, 3.63) is 70.2 Å². The lowest BCUT2D eigenvalue weighted by Gasteiger charge is -2.05. The second-order valence-electron chi connectivity index (χ2n) is 5.73. The van der Waals surface area contributed by atoms with Crippen LogP contribution in [0, 0.1) is 0 Å². The van der Waals surface area contributed by atoms with Gasteiger partial charge in [0.2, 0.25) is 0 Å². The lowest BCUT2D eigenvalue weighted by molar-refractivity contribution is 0.0946. The normalized spacial score (nSPS) is 11.2. The van der Waals surface area contributed by atoms with Crippen molar-refractivity contribution in [2.75, 3.05) is 11.6 Å². The number of amides is 1. The number of nitrogens with one attached hydrogen (secondary N) is 2. The Kier molecular flexibility index (Phi) is 5.79. The molecule has 0 aliphatic carbocycles. The van der Waals surface area contributed by atoms with Gasteiger partial charge in [0.05, 0.1) is 4.90 Å². The van der Waals surface area contributed by atoms with Gasteiger partial charge in [0.15, 0.2) is 15.0 Å². The van der Waals surface area contributed by atoms with Gasteiger partial charge in [0, 0.05) is 28.9 Å². The Hall–Kier alpha value is -2.42. The van der Waals surface area contributed by atoms with Crippen LogP contribution in [0.25, 0.3) is 0 Å². The summed E-state index contributed by atoms with van der Waals surface area (Å²) in [4.78, 5) is 16.7. The second kappa shape index (κ2) is 8.08. The number of thiazole rings is 1. The molecule has 1 heterocycles. The van der Waals surface area contributed by atoms with Crippen molar-refractivity contribution < 1.29 is 13.2 Å². The fourth-order valence-corrected chi connectivity index (χ4v) is 3.80. The van der Waals surface area contributed by atoms with E-state index in [0.717, 1.165) is 11.8 Å². The molecule has 0 fully saturated rings. The minimum absolute atomic E-state index is 0.242. The summed E-state index contributed by atoms with van der Waals surface area (Å²) in [5, 5.41) is 8.61. The predicted octanol–water partition coefficient (Wildman–Crippen LogP) is 3.87. The average Bonchev–Trinajstić information content (AvgIpc) is 3.09. The van der Waals surface area contributed by atoms with Crippen molar-refractivity contribution in [3.63, 3.8) is 0 Å². The van der Waals surface area contributed by atoms with Gasteiger partial charge in [0.25, 0.3) is 5.91 Å². The van der Waals surface area contributed by atoms with Crippen LogP contribution < -0.4 is 10.6 Å². The van der Waals surface area contributed by atoms with Gasteiger partial charge in [-0.2, -0.15) is 0 Å². The first-order valence-corrected chi connectivity index (χ1v) is 11.0. The fraction of sp³-hybridized carbons (Fsp3) is 0.111. The molecule has 2 aromatic carbocycles. The van der Waals surface area contributed by atoms with E-state index in [9.17, 15) is 13.2 Å². The number of carbonyl (C=O) groups is 1. The number of aromatic nitrogens is 1. The third kappa shape index (κ3) is 5.06. The number of benzene rings is 2. The van der Waals surface area contributed by atoms with Crippen LogP contribution in [0.5, 0.6) is 0 Å². The van der Waals surface area contributed by atoms with E-state index in [1.165, 1.54) is 23.5 Å². The largest absolute Gasteiger partial charge is 0.347 e. The smallest absolute Gasteiger partial charge is 0.271 e. The molecule has 0 spiro atoms. The quantitative estimate of drug-likeness (QED) is 0.630. The van der Waals surface area contributed by atoms with E-state index >= 15 is 0 Å². The highest BCUT2D eigenvalue weighted by atomic mass is 35.5. The van der Waals surface area contributed by atoms with Gasteiger partial charge in [-0.05, 0) is 35.9 Å². The maximum absolute atomic E-state index is 12.2. The fourth-order valence-electron chi connectivity index (χ4n) is 2.25. The summed E-state index contributed by atoms with van der Waals surface area (Å²) < 4.78 is 23.0. The molecule has 3 rings (SSSR count). The summed E-state index contributed by atoms with van der Waals surface area (Å²) in [6.07, 6.45) is 1.16. The van der Waals surface area contributed by atoms with E-state index in [0.29, 0.717) is 28.1 Å². The number of rotatable bonds is 6. The number of hydrogen-bond donors (Lipinski definition) is 2. The third-order valence-corrected chi connectivity index (χ3v) is 5.92. The van der Waals surface area contributed by atoms with Gasteiger partial charge >= 0.3 is 0 Å². The maximum Gasteiger partial charge on any atom is 0.271 e. The van der Waals surface area contributed by atoms with Crippen LogP contribution in [0.4, 0.5) is 10.8 Å². The van der Waals surface area contributed by atoms with Crippen LogP contribution in [-0.2, 0) is 16.4 Å². The summed E-state index contributed by atoms with van der Waals surface area (Å²) >= 11 is 7.35. The van der Waals surface area contributed by atoms with Gasteiger partial charge in [-0.1, -0.05) is 29.8 Å². The number of halogens is 1. The molecule has 140 valence electrons. The zero-order valence-corrected chi connectivity index (χ0v) is 16.7. The number of carbonyl (C=O) groups excluding carboxylic acids is 1. The van der Waals surface area contributed by atoms with Crippen molar-refractivity contribution in [1.29, 1.82) is 0 Å². The molecule has 0 unspecified atom stereocenters. The van der Waals surface area contributed by atoms with E-state index in [1.54, 1.807) is 23.6 Å². The molecule has 6 nitrogen and oxygen atoms in total. The molecule has 2 N–H and O–H groups in total. The molecule has 0 aliphatic heterocycles. The molecular weight excluding hydrogens is 406 g/mol. The second-order valence-corrected chi connectivity index (χ2v) is 9.01. The van der Waals surface area contributed by atoms with Crippen molar-refractivity contribution >= 4 is 49.5 Å². The van der Waals surface area contributed by atoms with Crippen LogP contribution in [0.1, 0.15) is 16.1 Å². The van der Waals surface area contributed by atoms with Gasteiger partial charge in [-0.15, -0.1) is 11.3 Å². The minimum Gasteiger partial charge on any atom is -0.347 e. The van der Waals surface area contributed by atoms with E-state index in [4.69, 9.17) is 11.6 Å². The molecular formula is C18H16ClN3O3S2. The molecule has 0 aliphatic rings. The highest BCUT2D eigenvalue weighted by molar-refractivity contribution is 7.90. The summed E-state index contributed by atoms with van der Waals surface area (Å²) in [6.45, 7) is 0.311. The van der Waals surface area contributed by atoms with Gasteiger partial charge in [-0.3, -0.25) is 4.79 Å². The van der Waals surface area contributed by atoms with Crippen molar-refractivity contribution in [3.8, 4) is 0 Å². The molecule has 0 saturated carbocycles. The molecule has 0 saturated heterocycles. The molecule has 3 aromatic rings. The molecule has 0 atom stereocenters. The first kappa shape index (κ1) is 19.3. The summed E-state index contributed by atoms with van der Waals surface area (Å²) in [5.74, 6) is -0.299. The monoisotopic (exact) mass is 421 g/mol. The van der Waals surface area contributed by atoms with Crippen LogP contribution in [0.15, 0.2) is 58.8 Å². The maximum atomic E-state index is 12.2. The SMILES string of the molecule is CS(=O)(=O)c1ccc(Nc2nc(C(=O)NCc3ccccc3Cl)cs2)cc1.